The number of carbonyl (C=O) groups excluding carboxylic acids is 1. The summed E-state index contributed by atoms with van der Waals surface area (Å²) in [6, 6.07) is 12.5. The maximum atomic E-state index is 12.6. The van der Waals surface area contributed by atoms with Crippen molar-refractivity contribution in [1.82, 2.24) is 0 Å². The van der Waals surface area contributed by atoms with Crippen molar-refractivity contribution in [3.63, 3.8) is 0 Å². The fraction of sp³-hybridized carbons (Fsp3) is 0.409. The molecule has 0 atom stereocenters. The van der Waals surface area contributed by atoms with Gasteiger partial charge in [0.05, 0.1) is 26.4 Å². The first-order valence-corrected chi connectivity index (χ1v) is 9.44. The molecule has 5 heteroatoms. The third-order valence-electron chi connectivity index (χ3n) is 4.26. The molecule has 0 aliphatic heterocycles. The second-order valence-corrected chi connectivity index (χ2v) is 6.31. The summed E-state index contributed by atoms with van der Waals surface area (Å²) in [5, 5.41) is 2.89. The lowest BCUT2D eigenvalue weighted by atomic mass is 10.1. The minimum atomic E-state index is -0.244. The quantitative estimate of drug-likeness (QED) is 0.544. The molecule has 0 spiro atoms. The van der Waals surface area contributed by atoms with Gasteiger partial charge < -0.3 is 19.5 Å². The first kappa shape index (κ1) is 20.6. The van der Waals surface area contributed by atoms with Crippen molar-refractivity contribution in [2.24, 2.45) is 0 Å². The summed E-state index contributed by atoms with van der Waals surface area (Å²) in [5.74, 6) is 1.61. The highest BCUT2D eigenvalue weighted by Gasteiger charge is 2.13. The largest absolute Gasteiger partial charge is 0.497 e. The predicted octanol–water partition coefficient (Wildman–Crippen LogP) is 5.31. The van der Waals surface area contributed by atoms with E-state index < -0.39 is 0 Å². The van der Waals surface area contributed by atoms with Crippen LogP contribution in [-0.2, 0) is 0 Å². The van der Waals surface area contributed by atoms with Crippen LogP contribution in [0, 0.1) is 0 Å². The van der Waals surface area contributed by atoms with Crippen molar-refractivity contribution in [1.29, 1.82) is 0 Å². The van der Waals surface area contributed by atoms with Crippen LogP contribution in [0.4, 0.5) is 5.69 Å². The van der Waals surface area contributed by atoms with E-state index in [2.05, 4.69) is 12.2 Å². The van der Waals surface area contributed by atoms with Gasteiger partial charge in [-0.15, -0.1) is 0 Å². The zero-order valence-corrected chi connectivity index (χ0v) is 16.4. The Labute approximate surface area is 161 Å². The van der Waals surface area contributed by atoms with Crippen LogP contribution in [0.25, 0.3) is 0 Å². The number of methoxy groups -OCH3 is 2. The summed E-state index contributed by atoms with van der Waals surface area (Å²) >= 11 is 0. The molecular formula is C22H29NO4. The fourth-order valence-electron chi connectivity index (χ4n) is 2.74. The number of rotatable bonds is 11. The van der Waals surface area contributed by atoms with E-state index in [1.54, 1.807) is 25.3 Å². The SMILES string of the molecule is CCCCCCCOc1cccc(NC(=O)c2ccc(OC)cc2OC)c1. The van der Waals surface area contributed by atoms with Crippen molar-refractivity contribution in [3.05, 3.63) is 48.0 Å². The highest BCUT2D eigenvalue weighted by molar-refractivity contribution is 6.06. The highest BCUT2D eigenvalue weighted by Crippen LogP contribution is 2.26. The summed E-state index contributed by atoms with van der Waals surface area (Å²) < 4.78 is 16.3. The van der Waals surface area contributed by atoms with E-state index in [0.717, 1.165) is 12.2 Å². The monoisotopic (exact) mass is 371 g/mol. The Hall–Kier alpha value is -2.69. The Balaban J connectivity index is 1.94. The molecule has 5 nitrogen and oxygen atoms in total. The van der Waals surface area contributed by atoms with Crippen LogP contribution in [0.3, 0.4) is 0 Å². The van der Waals surface area contributed by atoms with E-state index >= 15 is 0 Å². The van der Waals surface area contributed by atoms with Crippen molar-refractivity contribution >= 4 is 11.6 Å². The Morgan fingerprint density at radius 1 is 0.926 bits per heavy atom. The van der Waals surface area contributed by atoms with Crippen molar-refractivity contribution in [3.8, 4) is 17.2 Å². The number of nitrogens with one attached hydrogen (secondary N) is 1. The smallest absolute Gasteiger partial charge is 0.259 e. The summed E-state index contributed by atoms with van der Waals surface area (Å²) in [4.78, 5) is 12.6. The molecule has 1 amide bonds. The van der Waals surface area contributed by atoms with Crippen LogP contribution in [0.15, 0.2) is 42.5 Å². The van der Waals surface area contributed by atoms with Crippen LogP contribution in [0.2, 0.25) is 0 Å². The molecule has 146 valence electrons. The Morgan fingerprint density at radius 3 is 2.48 bits per heavy atom. The Bertz CT molecular complexity index is 730. The zero-order chi connectivity index (χ0) is 19.5. The fourth-order valence-corrected chi connectivity index (χ4v) is 2.74. The molecule has 0 saturated carbocycles. The zero-order valence-electron chi connectivity index (χ0n) is 16.4. The number of benzene rings is 2. The molecule has 0 aromatic heterocycles. The average Bonchev–Trinajstić information content (AvgIpc) is 2.70. The van der Waals surface area contributed by atoms with Crippen LogP contribution < -0.4 is 19.5 Å². The topological polar surface area (TPSA) is 56.8 Å². The van der Waals surface area contributed by atoms with Gasteiger partial charge in [-0.2, -0.15) is 0 Å². The third kappa shape index (κ3) is 6.51. The number of carbonyl (C=O) groups is 1. The molecule has 0 bridgehead atoms. The van der Waals surface area contributed by atoms with E-state index in [1.807, 2.05) is 24.3 Å². The van der Waals surface area contributed by atoms with Crippen LogP contribution in [0.1, 0.15) is 49.4 Å². The molecule has 0 radical (unpaired) electrons. The van der Waals surface area contributed by atoms with Crippen molar-refractivity contribution in [2.75, 3.05) is 26.1 Å². The predicted molar refractivity (Wildman–Crippen MR) is 108 cm³/mol. The Kier molecular flexibility index (Phi) is 8.49. The number of unbranched alkanes of at least 4 members (excludes halogenated alkanes) is 4. The molecule has 2 aromatic carbocycles. The van der Waals surface area contributed by atoms with Gasteiger partial charge in [-0.3, -0.25) is 4.79 Å². The van der Waals surface area contributed by atoms with Crippen LogP contribution in [0.5, 0.6) is 17.2 Å². The van der Waals surface area contributed by atoms with Crippen molar-refractivity contribution < 1.29 is 19.0 Å². The molecular weight excluding hydrogens is 342 g/mol. The van der Waals surface area contributed by atoms with E-state index in [0.29, 0.717) is 29.4 Å². The van der Waals surface area contributed by atoms with E-state index in [-0.39, 0.29) is 5.91 Å². The van der Waals surface area contributed by atoms with E-state index in [1.165, 1.54) is 32.8 Å². The van der Waals surface area contributed by atoms with Crippen molar-refractivity contribution in [2.45, 2.75) is 39.0 Å². The number of hydrogen-bond donors (Lipinski definition) is 1. The molecule has 2 rings (SSSR count). The van der Waals surface area contributed by atoms with Gasteiger partial charge >= 0.3 is 0 Å². The molecule has 0 unspecified atom stereocenters. The standard InChI is InChI=1S/C22H29NO4/c1-4-5-6-7-8-14-27-19-11-9-10-17(15-19)23-22(24)20-13-12-18(25-2)16-21(20)26-3/h9-13,15-16H,4-8,14H2,1-3H3,(H,23,24). The molecule has 0 fully saturated rings. The number of ether oxygens (including phenoxy) is 3. The number of amides is 1. The summed E-state index contributed by atoms with van der Waals surface area (Å²) in [6.45, 7) is 2.89. The minimum absolute atomic E-state index is 0.244. The molecule has 0 aliphatic rings. The van der Waals surface area contributed by atoms with Gasteiger partial charge in [-0.1, -0.05) is 38.7 Å². The van der Waals surface area contributed by atoms with Gasteiger partial charge in [-0.05, 0) is 30.7 Å². The van der Waals surface area contributed by atoms with Gasteiger partial charge in [0, 0.05) is 17.8 Å². The molecule has 1 N–H and O–H groups in total. The van der Waals surface area contributed by atoms with Crippen LogP contribution in [-0.4, -0.2) is 26.7 Å². The van der Waals surface area contributed by atoms with Crippen LogP contribution >= 0.6 is 0 Å². The highest BCUT2D eigenvalue weighted by atomic mass is 16.5. The number of hydrogen-bond acceptors (Lipinski definition) is 4. The lowest BCUT2D eigenvalue weighted by Gasteiger charge is -2.12. The van der Waals surface area contributed by atoms with Gasteiger partial charge in [-0.25, -0.2) is 0 Å². The van der Waals surface area contributed by atoms with Gasteiger partial charge in [0.15, 0.2) is 0 Å². The minimum Gasteiger partial charge on any atom is -0.497 e. The first-order valence-electron chi connectivity index (χ1n) is 9.44. The van der Waals surface area contributed by atoms with Gasteiger partial charge in [0.25, 0.3) is 5.91 Å². The molecule has 27 heavy (non-hydrogen) atoms. The number of anilines is 1. The summed E-state index contributed by atoms with van der Waals surface area (Å²) in [6.07, 6.45) is 5.98. The third-order valence-corrected chi connectivity index (χ3v) is 4.26. The van der Waals surface area contributed by atoms with Gasteiger partial charge in [0.2, 0.25) is 0 Å². The Morgan fingerprint density at radius 2 is 1.74 bits per heavy atom. The van der Waals surface area contributed by atoms with E-state index in [9.17, 15) is 4.79 Å². The molecule has 0 aliphatic carbocycles. The molecule has 2 aromatic rings. The first-order chi connectivity index (χ1) is 13.2. The maximum Gasteiger partial charge on any atom is 0.259 e. The van der Waals surface area contributed by atoms with Gasteiger partial charge in [0.1, 0.15) is 17.2 Å². The average molecular weight is 371 g/mol. The molecule has 0 heterocycles. The lowest BCUT2D eigenvalue weighted by Crippen LogP contribution is -2.13. The normalized spacial score (nSPS) is 10.3. The maximum absolute atomic E-state index is 12.6. The lowest BCUT2D eigenvalue weighted by molar-refractivity contribution is 0.102. The summed E-state index contributed by atoms with van der Waals surface area (Å²) in [5.41, 5.74) is 1.13. The second-order valence-electron chi connectivity index (χ2n) is 6.31. The second kappa shape index (κ2) is 11.1. The van der Waals surface area contributed by atoms with E-state index in [4.69, 9.17) is 14.2 Å². The molecule has 0 saturated heterocycles. The summed E-state index contributed by atoms with van der Waals surface area (Å²) in [7, 11) is 3.10.